The van der Waals surface area contributed by atoms with Crippen LogP contribution in [-0.4, -0.2) is 25.3 Å². The van der Waals surface area contributed by atoms with Gasteiger partial charge in [-0.2, -0.15) is 5.10 Å². The molecule has 0 aliphatic carbocycles. The maximum Gasteiger partial charge on any atom is 0.322 e. The Balaban J connectivity index is 1.54. The van der Waals surface area contributed by atoms with Crippen LogP contribution in [0.5, 0.6) is 0 Å². The number of carbonyl (C=O) groups excluding carboxylic acids is 1. The summed E-state index contributed by atoms with van der Waals surface area (Å²) in [7, 11) is 0. The second-order valence-electron chi connectivity index (χ2n) is 9.32. The molecule has 6 nitrogen and oxygen atoms in total. The maximum absolute atomic E-state index is 14.0. The van der Waals surface area contributed by atoms with Gasteiger partial charge in [0.25, 0.3) is 0 Å². The van der Waals surface area contributed by atoms with Crippen LogP contribution in [0, 0.1) is 13.8 Å². The van der Waals surface area contributed by atoms with Crippen molar-refractivity contribution in [2.45, 2.75) is 26.4 Å². The third-order valence-corrected chi connectivity index (χ3v) is 7.02. The van der Waals surface area contributed by atoms with E-state index in [4.69, 9.17) is 16.7 Å². The summed E-state index contributed by atoms with van der Waals surface area (Å²) in [5, 5.41) is 8.55. The minimum Gasteiger partial charge on any atom is -0.308 e. The lowest BCUT2D eigenvalue weighted by molar-refractivity contribution is 0.194. The topological polar surface area (TPSA) is 55.1 Å². The fourth-order valence-electron chi connectivity index (χ4n) is 5.10. The molecule has 37 heavy (non-hydrogen) atoms. The van der Waals surface area contributed by atoms with E-state index in [1.165, 1.54) is 0 Å². The summed E-state index contributed by atoms with van der Waals surface area (Å²) in [6.07, 6.45) is 2.05. The van der Waals surface area contributed by atoms with Crippen molar-refractivity contribution in [2.24, 2.45) is 0 Å². The molecule has 0 fully saturated rings. The van der Waals surface area contributed by atoms with Gasteiger partial charge < -0.3 is 14.8 Å². The van der Waals surface area contributed by atoms with Gasteiger partial charge in [-0.25, -0.2) is 9.48 Å². The Morgan fingerprint density at radius 2 is 1.76 bits per heavy atom. The number of halogens is 1. The fourth-order valence-corrected chi connectivity index (χ4v) is 5.29. The van der Waals surface area contributed by atoms with Crippen molar-refractivity contribution in [3.63, 3.8) is 0 Å². The molecular weight excluding hydrogens is 482 g/mol. The quantitative estimate of drug-likeness (QED) is 0.284. The summed E-state index contributed by atoms with van der Waals surface area (Å²) in [4.78, 5) is 15.9. The van der Waals surface area contributed by atoms with Crippen LogP contribution in [0.2, 0.25) is 5.02 Å². The van der Waals surface area contributed by atoms with Gasteiger partial charge in [-0.3, -0.25) is 0 Å². The number of aryl methyl sites for hydroxylation is 2. The first-order chi connectivity index (χ1) is 18.0. The van der Waals surface area contributed by atoms with Crippen molar-refractivity contribution in [1.82, 2.24) is 19.2 Å². The van der Waals surface area contributed by atoms with Gasteiger partial charge >= 0.3 is 6.03 Å². The Hall–Kier alpha value is -4.29. The molecule has 0 saturated carbocycles. The van der Waals surface area contributed by atoms with E-state index in [2.05, 4.69) is 47.3 Å². The van der Waals surface area contributed by atoms with Crippen molar-refractivity contribution in [3.8, 4) is 11.5 Å². The fraction of sp³-hybridized carbons (Fsp3) is 0.133. The van der Waals surface area contributed by atoms with Crippen molar-refractivity contribution in [2.75, 3.05) is 5.32 Å². The zero-order chi connectivity index (χ0) is 25.5. The minimum absolute atomic E-state index is 0.207. The zero-order valence-corrected chi connectivity index (χ0v) is 21.4. The van der Waals surface area contributed by atoms with Crippen LogP contribution >= 0.6 is 11.6 Å². The number of aromatic nitrogens is 3. The number of urea groups is 1. The van der Waals surface area contributed by atoms with Gasteiger partial charge in [0, 0.05) is 22.5 Å². The summed E-state index contributed by atoms with van der Waals surface area (Å²) in [6.45, 7) is 4.46. The van der Waals surface area contributed by atoms with E-state index in [-0.39, 0.29) is 12.1 Å². The first-order valence-corrected chi connectivity index (χ1v) is 12.6. The van der Waals surface area contributed by atoms with Crippen LogP contribution in [-0.2, 0) is 6.54 Å². The summed E-state index contributed by atoms with van der Waals surface area (Å²) < 4.78 is 4.14. The molecule has 0 radical (unpaired) electrons. The number of amides is 2. The Morgan fingerprint density at radius 3 is 2.54 bits per heavy atom. The van der Waals surface area contributed by atoms with Crippen molar-refractivity contribution in [3.05, 3.63) is 130 Å². The summed E-state index contributed by atoms with van der Waals surface area (Å²) in [5.41, 5.74) is 6.67. The molecule has 2 amide bonds. The van der Waals surface area contributed by atoms with Gasteiger partial charge in [0.05, 0.1) is 29.7 Å². The van der Waals surface area contributed by atoms with Gasteiger partial charge in [0.15, 0.2) is 0 Å². The highest BCUT2D eigenvalue weighted by atomic mass is 35.5. The Morgan fingerprint density at radius 1 is 0.946 bits per heavy atom. The molecule has 0 bridgehead atoms. The zero-order valence-electron chi connectivity index (χ0n) is 20.6. The molecule has 0 saturated heterocycles. The number of rotatable bonds is 3. The lowest BCUT2D eigenvalue weighted by atomic mass is 10.00. The lowest BCUT2D eigenvalue weighted by Crippen LogP contribution is -2.38. The first-order valence-electron chi connectivity index (χ1n) is 12.2. The monoisotopic (exact) mass is 507 g/mol. The molecule has 1 aliphatic heterocycles. The number of fused-ring (bicyclic) bond motifs is 3. The van der Waals surface area contributed by atoms with E-state index < -0.39 is 0 Å². The highest BCUT2D eigenvalue weighted by Gasteiger charge is 2.36. The number of benzene rings is 3. The average molecular weight is 508 g/mol. The van der Waals surface area contributed by atoms with Gasteiger partial charge in [0.1, 0.15) is 5.82 Å². The summed E-state index contributed by atoms with van der Waals surface area (Å²) in [6, 6.07) is 29.2. The normalized spacial score (nSPS) is 14.6. The van der Waals surface area contributed by atoms with Gasteiger partial charge in [0.2, 0.25) is 0 Å². The molecule has 7 heteroatoms. The standard InChI is InChI=1S/C30H26ClN5O/c1-20-9-6-10-22(17-20)28-27-15-8-16-34(27)29-26(21(2)33-36(29)25-13-4-3-5-14-25)19-35(28)30(37)32-24-12-7-11-23(31)18-24/h3-18,28H,19H2,1-2H3,(H,32,37). The molecule has 0 spiro atoms. The SMILES string of the molecule is Cc1cccc(C2c3cccn3-c3c(c(C)nn3-c3ccccc3)CN2C(=O)Nc2cccc(Cl)c2)c1. The van der Waals surface area contributed by atoms with Crippen LogP contribution in [0.25, 0.3) is 11.5 Å². The predicted octanol–water partition coefficient (Wildman–Crippen LogP) is 7.07. The second kappa shape index (κ2) is 9.30. The molecule has 3 aromatic carbocycles. The van der Waals surface area contributed by atoms with Crippen LogP contribution in [0.15, 0.2) is 97.2 Å². The van der Waals surface area contributed by atoms with Crippen LogP contribution in [0.3, 0.4) is 0 Å². The third kappa shape index (κ3) is 4.19. The average Bonchev–Trinajstić information content (AvgIpc) is 3.45. The molecule has 3 heterocycles. The first kappa shape index (κ1) is 23.1. The smallest absolute Gasteiger partial charge is 0.308 e. The number of para-hydroxylation sites is 1. The molecule has 1 unspecified atom stereocenters. The van der Waals surface area contributed by atoms with Crippen LogP contribution < -0.4 is 5.32 Å². The molecule has 1 atom stereocenters. The van der Waals surface area contributed by atoms with E-state index in [9.17, 15) is 4.79 Å². The predicted molar refractivity (Wildman–Crippen MR) is 147 cm³/mol. The molecule has 6 rings (SSSR count). The van der Waals surface area contributed by atoms with Crippen molar-refractivity contribution in [1.29, 1.82) is 0 Å². The number of nitrogens with zero attached hydrogens (tertiary/aromatic N) is 4. The van der Waals surface area contributed by atoms with E-state index in [0.717, 1.165) is 39.6 Å². The van der Waals surface area contributed by atoms with E-state index in [0.29, 0.717) is 17.3 Å². The second-order valence-corrected chi connectivity index (χ2v) is 9.76. The maximum atomic E-state index is 14.0. The van der Waals surface area contributed by atoms with E-state index >= 15 is 0 Å². The van der Waals surface area contributed by atoms with E-state index in [1.54, 1.807) is 12.1 Å². The highest BCUT2D eigenvalue weighted by molar-refractivity contribution is 6.30. The lowest BCUT2D eigenvalue weighted by Gasteiger charge is -2.31. The summed E-state index contributed by atoms with van der Waals surface area (Å²) >= 11 is 6.20. The van der Waals surface area contributed by atoms with Gasteiger partial charge in [-0.1, -0.05) is 65.7 Å². The van der Waals surface area contributed by atoms with Gasteiger partial charge in [-0.05, 0) is 61.9 Å². The van der Waals surface area contributed by atoms with Crippen molar-refractivity contribution < 1.29 is 4.79 Å². The molecule has 1 aliphatic rings. The largest absolute Gasteiger partial charge is 0.322 e. The molecule has 1 N–H and O–H groups in total. The number of nitrogens with one attached hydrogen (secondary N) is 1. The minimum atomic E-state index is -0.315. The third-order valence-electron chi connectivity index (χ3n) is 6.78. The van der Waals surface area contributed by atoms with Crippen LogP contribution in [0.4, 0.5) is 10.5 Å². The number of carbonyl (C=O) groups is 1. The van der Waals surface area contributed by atoms with Crippen LogP contribution in [0.1, 0.15) is 34.1 Å². The Labute approximate surface area is 220 Å². The molecule has 184 valence electrons. The Kier molecular flexibility index (Phi) is 5.81. The molecule has 5 aromatic rings. The number of anilines is 1. The molecular formula is C30H26ClN5O. The van der Waals surface area contributed by atoms with Gasteiger partial charge in [-0.15, -0.1) is 0 Å². The highest BCUT2D eigenvalue weighted by Crippen LogP contribution is 2.39. The Bertz CT molecular complexity index is 1600. The summed E-state index contributed by atoms with van der Waals surface area (Å²) in [5.74, 6) is 0.944. The number of hydrogen-bond donors (Lipinski definition) is 1. The van der Waals surface area contributed by atoms with E-state index in [1.807, 2.05) is 71.1 Å². The van der Waals surface area contributed by atoms with Crippen molar-refractivity contribution >= 4 is 23.3 Å². The molecule has 2 aromatic heterocycles. The number of hydrogen-bond acceptors (Lipinski definition) is 2.